The molecule has 0 aliphatic rings. The van der Waals surface area contributed by atoms with E-state index in [0.717, 1.165) is 6.08 Å². The Morgan fingerprint density at radius 1 is 1.32 bits per heavy atom. The maximum absolute atomic E-state index is 13.2. The summed E-state index contributed by atoms with van der Waals surface area (Å²) in [6.45, 7) is 1.77. The van der Waals surface area contributed by atoms with E-state index in [0.29, 0.717) is 17.0 Å². The van der Waals surface area contributed by atoms with Gasteiger partial charge in [0.2, 0.25) is 0 Å². The minimum absolute atomic E-state index is 0.279. The normalized spacial score (nSPS) is 10.8. The van der Waals surface area contributed by atoms with E-state index in [1.807, 2.05) is 0 Å². The second-order valence-electron chi connectivity index (χ2n) is 3.93. The fourth-order valence-corrected chi connectivity index (χ4v) is 1.61. The second-order valence-corrected chi connectivity index (χ2v) is 3.93. The number of hydrogen-bond acceptors (Lipinski definition) is 3. The molecule has 5 heteroatoms. The number of aliphatic carboxylic acids is 1. The Morgan fingerprint density at radius 2 is 2.11 bits per heavy atom. The van der Waals surface area contributed by atoms with Crippen molar-refractivity contribution in [3.05, 3.63) is 53.7 Å². The minimum Gasteiger partial charge on any atom is -0.478 e. The lowest BCUT2D eigenvalue weighted by atomic mass is 10.1. The number of hydrogen-bond donors (Lipinski definition) is 1. The van der Waals surface area contributed by atoms with E-state index in [2.05, 4.69) is 9.97 Å². The van der Waals surface area contributed by atoms with Crippen LogP contribution < -0.4 is 0 Å². The predicted octanol–water partition coefficient (Wildman–Crippen LogP) is 2.69. The van der Waals surface area contributed by atoms with Gasteiger partial charge in [0.1, 0.15) is 5.82 Å². The van der Waals surface area contributed by atoms with Crippen LogP contribution in [0.25, 0.3) is 17.3 Å². The molecule has 2 rings (SSSR count). The number of aromatic nitrogens is 2. The number of nitrogens with zero attached hydrogens (tertiary/aromatic N) is 2. The summed E-state index contributed by atoms with van der Waals surface area (Å²) in [7, 11) is 0. The van der Waals surface area contributed by atoms with Crippen molar-refractivity contribution in [3.8, 4) is 11.3 Å². The van der Waals surface area contributed by atoms with Gasteiger partial charge in [0.15, 0.2) is 5.82 Å². The van der Waals surface area contributed by atoms with Crippen LogP contribution in [0.1, 0.15) is 11.5 Å². The molecule has 0 saturated carbocycles. The lowest BCUT2D eigenvalue weighted by Crippen LogP contribution is -1.95. The van der Waals surface area contributed by atoms with E-state index in [-0.39, 0.29) is 11.6 Å². The summed E-state index contributed by atoms with van der Waals surface area (Å²) in [6.07, 6.45) is 2.27. The van der Waals surface area contributed by atoms with Crippen LogP contribution in [0.4, 0.5) is 4.39 Å². The first-order valence-corrected chi connectivity index (χ1v) is 5.57. The first-order chi connectivity index (χ1) is 9.04. The Labute approximate surface area is 109 Å². The van der Waals surface area contributed by atoms with Crippen LogP contribution in [0.2, 0.25) is 0 Å². The molecule has 19 heavy (non-hydrogen) atoms. The quantitative estimate of drug-likeness (QED) is 0.860. The summed E-state index contributed by atoms with van der Waals surface area (Å²) in [6, 6.07) is 7.76. The molecule has 4 nitrogen and oxygen atoms in total. The molecule has 1 aromatic carbocycles. The van der Waals surface area contributed by atoms with Gasteiger partial charge >= 0.3 is 5.97 Å². The van der Waals surface area contributed by atoms with Crippen molar-refractivity contribution in [1.29, 1.82) is 0 Å². The third-order valence-electron chi connectivity index (χ3n) is 2.37. The number of halogens is 1. The highest BCUT2D eigenvalue weighted by molar-refractivity contribution is 5.84. The molecular formula is C14H11FN2O2. The lowest BCUT2D eigenvalue weighted by molar-refractivity contribution is -0.131. The van der Waals surface area contributed by atoms with Crippen molar-refractivity contribution in [2.24, 2.45) is 0 Å². The van der Waals surface area contributed by atoms with Crippen LogP contribution in [0.3, 0.4) is 0 Å². The average molecular weight is 258 g/mol. The van der Waals surface area contributed by atoms with Crippen LogP contribution in [0.15, 0.2) is 36.4 Å². The van der Waals surface area contributed by atoms with Gasteiger partial charge in [-0.1, -0.05) is 12.1 Å². The van der Waals surface area contributed by atoms with Gasteiger partial charge in [-0.2, -0.15) is 0 Å². The van der Waals surface area contributed by atoms with Crippen LogP contribution in [-0.2, 0) is 4.79 Å². The Kier molecular flexibility index (Phi) is 3.66. The first kappa shape index (κ1) is 12.9. The summed E-state index contributed by atoms with van der Waals surface area (Å²) < 4.78 is 13.2. The molecule has 0 atom stereocenters. The molecule has 2 aromatic rings. The number of carbonyl (C=O) groups is 1. The molecule has 0 bridgehead atoms. The van der Waals surface area contributed by atoms with Gasteiger partial charge in [-0.3, -0.25) is 0 Å². The standard InChI is InChI=1S/C14H11FN2O2/c1-9-7-12(10-3-2-4-11(15)8-10)17-13(16-9)5-6-14(18)19/h2-8H,1H3,(H,18,19)/b6-5+. The smallest absolute Gasteiger partial charge is 0.328 e. The molecule has 0 spiro atoms. The lowest BCUT2D eigenvalue weighted by Gasteiger charge is -2.04. The van der Waals surface area contributed by atoms with E-state index in [1.165, 1.54) is 18.2 Å². The first-order valence-electron chi connectivity index (χ1n) is 5.57. The minimum atomic E-state index is -1.07. The molecule has 0 amide bonds. The SMILES string of the molecule is Cc1cc(-c2cccc(F)c2)nc(/C=C/C(=O)O)n1. The zero-order valence-electron chi connectivity index (χ0n) is 10.2. The van der Waals surface area contributed by atoms with E-state index < -0.39 is 5.97 Å². The van der Waals surface area contributed by atoms with Crippen LogP contribution in [0, 0.1) is 12.7 Å². The highest BCUT2D eigenvalue weighted by Gasteiger charge is 2.04. The summed E-state index contributed by atoms with van der Waals surface area (Å²) in [5.74, 6) is -1.14. The van der Waals surface area contributed by atoms with Gasteiger partial charge in [-0.25, -0.2) is 19.2 Å². The highest BCUT2D eigenvalue weighted by Crippen LogP contribution is 2.19. The van der Waals surface area contributed by atoms with Gasteiger partial charge in [0.25, 0.3) is 0 Å². The van der Waals surface area contributed by atoms with Gasteiger partial charge < -0.3 is 5.11 Å². The number of aryl methyl sites for hydroxylation is 1. The zero-order chi connectivity index (χ0) is 13.8. The van der Waals surface area contributed by atoms with Crippen molar-refractivity contribution in [3.63, 3.8) is 0 Å². The Balaban J connectivity index is 2.44. The van der Waals surface area contributed by atoms with Crippen molar-refractivity contribution in [2.45, 2.75) is 6.92 Å². The molecule has 1 heterocycles. The van der Waals surface area contributed by atoms with E-state index in [9.17, 15) is 9.18 Å². The van der Waals surface area contributed by atoms with E-state index >= 15 is 0 Å². The molecule has 0 radical (unpaired) electrons. The third-order valence-corrected chi connectivity index (χ3v) is 2.37. The maximum atomic E-state index is 13.2. The fraction of sp³-hybridized carbons (Fsp3) is 0.0714. The second kappa shape index (κ2) is 5.39. The number of rotatable bonds is 3. The zero-order valence-corrected chi connectivity index (χ0v) is 10.2. The summed E-state index contributed by atoms with van der Waals surface area (Å²) in [5.41, 5.74) is 1.85. The molecule has 0 aliphatic carbocycles. The number of carboxylic acid groups (broad SMARTS) is 1. The largest absolute Gasteiger partial charge is 0.478 e. The molecule has 0 fully saturated rings. The summed E-state index contributed by atoms with van der Waals surface area (Å²) >= 11 is 0. The average Bonchev–Trinajstić information content (AvgIpc) is 2.36. The highest BCUT2D eigenvalue weighted by atomic mass is 19.1. The molecule has 1 N–H and O–H groups in total. The summed E-state index contributed by atoms with van der Waals surface area (Å²) in [4.78, 5) is 18.8. The summed E-state index contributed by atoms with van der Waals surface area (Å²) in [5, 5.41) is 8.57. The topological polar surface area (TPSA) is 63.1 Å². The van der Waals surface area contributed by atoms with Crippen molar-refractivity contribution >= 4 is 12.0 Å². The van der Waals surface area contributed by atoms with E-state index in [4.69, 9.17) is 5.11 Å². The molecule has 0 aliphatic heterocycles. The number of carboxylic acids is 1. The van der Waals surface area contributed by atoms with Gasteiger partial charge in [-0.15, -0.1) is 0 Å². The van der Waals surface area contributed by atoms with Crippen molar-refractivity contribution in [2.75, 3.05) is 0 Å². The molecule has 1 aromatic heterocycles. The van der Waals surface area contributed by atoms with Crippen LogP contribution in [0.5, 0.6) is 0 Å². The molecule has 0 saturated heterocycles. The van der Waals surface area contributed by atoms with Crippen LogP contribution >= 0.6 is 0 Å². The Hall–Kier alpha value is -2.56. The van der Waals surface area contributed by atoms with Crippen molar-refractivity contribution < 1.29 is 14.3 Å². The van der Waals surface area contributed by atoms with Gasteiger partial charge in [0, 0.05) is 17.3 Å². The van der Waals surface area contributed by atoms with Gasteiger partial charge in [-0.05, 0) is 31.2 Å². The predicted molar refractivity (Wildman–Crippen MR) is 68.8 cm³/mol. The fourth-order valence-electron chi connectivity index (χ4n) is 1.61. The number of benzene rings is 1. The molecule has 0 unspecified atom stereocenters. The maximum Gasteiger partial charge on any atom is 0.328 e. The van der Waals surface area contributed by atoms with Gasteiger partial charge in [0.05, 0.1) is 5.69 Å². The third kappa shape index (κ3) is 3.45. The van der Waals surface area contributed by atoms with Crippen LogP contribution in [-0.4, -0.2) is 21.0 Å². The Morgan fingerprint density at radius 3 is 2.79 bits per heavy atom. The Bertz CT molecular complexity index is 654. The van der Waals surface area contributed by atoms with Crippen molar-refractivity contribution in [1.82, 2.24) is 9.97 Å². The monoisotopic (exact) mass is 258 g/mol. The van der Waals surface area contributed by atoms with E-state index in [1.54, 1.807) is 25.1 Å². The molecule has 96 valence electrons. The molecular weight excluding hydrogens is 247 g/mol.